The average Bonchev–Trinajstić information content (AvgIpc) is 2.58. The van der Waals surface area contributed by atoms with E-state index in [1.54, 1.807) is 0 Å². The molecule has 0 atom stereocenters. The summed E-state index contributed by atoms with van der Waals surface area (Å²) in [5, 5.41) is 0. The van der Waals surface area contributed by atoms with Gasteiger partial charge in [-0.05, 0) is 24.6 Å². The number of methoxy groups -OCH3 is 1. The molecule has 3 nitrogen and oxygen atoms in total. The van der Waals surface area contributed by atoms with Crippen LogP contribution in [-0.4, -0.2) is 20.3 Å². The molecule has 3 rings (SSSR count). The number of hydrogen-bond donors (Lipinski definition) is 0. The third kappa shape index (κ3) is 3.21. The molecule has 2 aromatic carbocycles. The van der Waals surface area contributed by atoms with Crippen LogP contribution < -0.4 is 4.74 Å². The minimum atomic E-state index is -1.03. The molecule has 0 aromatic heterocycles. The molecule has 0 N–H and O–H groups in total. The van der Waals surface area contributed by atoms with Gasteiger partial charge in [-0.25, -0.2) is 4.39 Å². The van der Waals surface area contributed by atoms with Gasteiger partial charge in [0, 0.05) is 11.5 Å². The van der Waals surface area contributed by atoms with Crippen LogP contribution in [0.15, 0.2) is 36.4 Å². The molecule has 1 fully saturated rings. The molecule has 0 bridgehead atoms. The SMILES string of the molecule is COc1ccc(C2OCC(c3ccc(C)cc3)CO2)c(F)c1F. The van der Waals surface area contributed by atoms with Crippen molar-refractivity contribution in [3.05, 3.63) is 64.7 Å². The van der Waals surface area contributed by atoms with Gasteiger partial charge in [-0.2, -0.15) is 4.39 Å². The van der Waals surface area contributed by atoms with Crippen LogP contribution in [0.1, 0.15) is 28.9 Å². The van der Waals surface area contributed by atoms with Crippen molar-refractivity contribution in [1.82, 2.24) is 0 Å². The lowest BCUT2D eigenvalue weighted by molar-refractivity contribution is -0.193. The Morgan fingerprint density at radius 2 is 1.61 bits per heavy atom. The first-order chi connectivity index (χ1) is 11.1. The van der Waals surface area contributed by atoms with Crippen molar-refractivity contribution in [1.29, 1.82) is 0 Å². The first-order valence-corrected chi connectivity index (χ1v) is 7.41. The summed E-state index contributed by atoms with van der Waals surface area (Å²) in [5.41, 5.74) is 2.33. The van der Waals surface area contributed by atoms with Gasteiger partial charge in [-0.3, -0.25) is 0 Å². The molecule has 0 aliphatic carbocycles. The smallest absolute Gasteiger partial charge is 0.201 e. The summed E-state index contributed by atoms with van der Waals surface area (Å²) in [7, 11) is 1.29. The standard InChI is InChI=1S/C18H18F2O3/c1-11-3-5-12(6-4-11)13-9-22-18(23-10-13)14-7-8-15(21-2)17(20)16(14)19/h3-8,13,18H,9-10H2,1-2H3. The first-order valence-electron chi connectivity index (χ1n) is 7.41. The lowest BCUT2D eigenvalue weighted by Gasteiger charge is -2.30. The second-order valence-corrected chi connectivity index (χ2v) is 5.59. The van der Waals surface area contributed by atoms with Crippen molar-refractivity contribution in [2.45, 2.75) is 19.1 Å². The molecule has 0 unspecified atom stereocenters. The Morgan fingerprint density at radius 1 is 0.957 bits per heavy atom. The van der Waals surface area contributed by atoms with Gasteiger partial charge in [-0.15, -0.1) is 0 Å². The van der Waals surface area contributed by atoms with Gasteiger partial charge in [0.15, 0.2) is 17.9 Å². The Morgan fingerprint density at radius 3 is 2.22 bits per heavy atom. The van der Waals surface area contributed by atoms with Gasteiger partial charge < -0.3 is 14.2 Å². The average molecular weight is 320 g/mol. The maximum atomic E-state index is 14.1. The summed E-state index contributed by atoms with van der Waals surface area (Å²) in [5.74, 6) is -2.08. The summed E-state index contributed by atoms with van der Waals surface area (Å²) >= 11 is 0. The second-order valence-electron chi connectivity index (χ2n) is 5.59. The molecule has 122 valence electrons. The highest BCUT2D eigenvalue weighted by Gasteiger charge is 2.28. The molecule has 0 spiro atoms. The Kier molecular flexibility index (Phi) is 4.59. The summed E-state index contributed by atoms with van der Waals surface area (Å²) in [6.45, 7) is 2.80. The fraction of sp³-hybridized carbons (Fsp3) is 0.333. The van der Waals surface area contributed by atoms with Gasteiger partial charge in [0.1, 0.15) is 0 Å². The maximum Gasteiger partial charge on any atom is 0.201 e. The van der Waals surface area contributed by atoms with Gasteiger partial charge in [-0.1, -0.05) is 29.8 Å². The van der Waals surface area contributed by atoms with Crippen LogP contribution in [0.25, 0.3) is 0 Å². The lowest BCUT2D eigenvalue weighted by Crippen LogP contribution is -2.26. The molecule has 0 amide bonds. The van der Waals surface area contributed by atoms with E-state index in [0.717, 1.165) is 5.56 Å². The van der Waals surface area contributed by atoms with E-state index in [1.807, 2.05) is 31.2 Å². The third-order valence-corrected chi connectivity index (χ3v) is 4.00. The predicted octanol–water partition coefficient (Wildman–Crippen LogP) is 4.11. The van der Waals surface area contributed by atoms with Crippen LogP contribution in [0, 0.1) is 18.6 Å². The molecule has 0 saturated carbocycles. The van der Waals surface area contributed by atoms with E-state index < -0.39 is 17.9 Å². The molecule has 5 heteroatoms. The van der Waals surface area contributed by atoms with Gasteiger partial charge in [0.2, 0.25) is 5.82 Å². The second kappa shape index (κ2) is 6.64. The molecular formula is C18H18F2O3. The van der Waals surface area contributed by atoms with Crippen molar-refractivity contribution in [2.75, 3.05) is 20.3 Å². The molecule has 1 aliphatic rings. The zero-order valence-corrected chi connectivity index (χ0v) is 13.0. The quantitative estimate of drug-likeness (QED) is 0.852. The van der Waals surface area contributed by atoms with Gasteiger partial charge in [0.05, 0.1) is 20.3 Å². The van der Waals surface area contributed by atoms with E-state index in [1.165, 1.54) is 24.8 Å². The first kappa shape index (κ1) is 15.9. The largest absolute Gasteiger partial charge is 0.494 e. The molecule has 0 radical (unpaired) electrons. The predicted molar refractivity (Wildman–Crippen MR) is 81.5 cm³/mol. The molecule has 1 heterocycles. The van der Waals surface area contributed by atoms with E-state index >= 15 is 0 Å². The number of hydrogen-bond acceptors (Lipinski definition) is 3. The molecule has 23 heavy (non-hydrogen) atoms. The summed E-state index contributed by atoms with van der Waals surface area (Å²) in [6, 6.07) is 10.9. The van der Waals surface area contributed by atoms with E-state index in [-0.39, 0.29) is 17.2 Å². The minimum absolute atomic E-state index is 0.0469. The minimum Gasteiger partial charge on any atom is -0.494 e. The van der Waals surface area contributed by atoms with E-state index in [4.69, 9.17) is 14.2 Å². The molecule has 1 aliphatic heterocycles. The lowest BCUT2D eigenvalue weighted by atomic mass is 9.99. The fourth-order valence-electron chi connectivity index (χ4n) is 2.60. The van der Waals surface area contributed by atoms with E-state index in [0.29, 0.717) is 13.2 Å². The molecule has 2 aromatic rings. The zero-order chi connectivity index (χ0) is 16.4. The van der Waals surface area contributed by atoms with Crippen LogP contribution in [0.5, 0.6) is 5.75 Å². The van der Waals surface area contributed by atoms with Crippen LogP contribution >= 0.6 is 0 Å². The topological polar surface area (TPSA) is 27.7 Å². The van der Waals surface area contributed by atoms with E-state index in [9.17, 15) is 8.78 Å². The van der Waals surface area contributed by atoms with Crippen LogP contribution in [0.4, 0.5) is 8.78 Å². The van der Waals surface area contributed by atoms with E-state index in [2.05, 4.69) is 0 Å². The van der Waals surface area contributed by atoms with Crippen molar-refractivity contribution < 1.29 is 23.0 Å². The summed E-state index contributed by atoms with van der Waals surface area (Å²) < 4.78 is 43.8. The van der Waals surface area contributed by atoms with Gasteiger partial charge >= 0.3 is 0 Å². The zero-order valence-electron chi connectivity index (χ0n) is 13.0. The van der Waals surface area contributed by atoms with Crippen molar-refractivity contribution >= 4 is 0 Å². The summed E-state index contributed by atoms with van der Waals surface area (Å²) in [4.78, 5) is 0. The van der Waals surface area contributed by atoms with Crippen LogP contribution in [0.3, 0.4) is 0 Å². The van der Waals surface area contributed by atoms with Crippen molar-refractivity contribution in [3.63, 3.8) is 0 Å². The number of rotatable bonds is 3. The number of halogens is 2. The Hall–Kier alpha value is -1.98. The van der Waals surface area contributed by atoms with Crippen molar-refractivity contribution in [2.24, 2.45) is 0 Å². The fourth-order valence-corrected chi connectivity index (χ4v) is 2.60. The maximum absolute atomic E-state index is 14.1. The number of ether oxygens (including phenoxy) is 3. The highest BCUT2D eigenvalue weighted by atomic mass is 19.2. The highest BCUT2D eigenvalue weighted by Crippen LogP contribution is 2.33. The molecule has 1 saturated heterocycles. The van der Waals surface area contributed by atoms with Crippen LogP contribution in [-0.2, 0) is 9.47 Å². The van der Waals surface area contributed by atoms with Gasteiger partial charge in [0.25, 0.3) is 0 Å². The monoisotopic (exact) mass is 320 g/mol. The van der Waals surface area contributed by atoms with Crippen LogP contribution in [0.2, 0.25) is 0 Å². The summed E-state index contributed by atoms with van der Waals surface area (Å²) in [6.07, 6.45) is -0.905. The Bertz CT molecular complexity index is 677. The Labute approximate surface area is 133 Å². The Balaban J connectivity index is 1.72. The third-order valence-electron chi connectivity index (χ3n) is 4.00. The van der Waals surface area contributed by atoms with Crippen molar-refractivity contribution in [3.8, 4) is 5.75 Å². The number of aryl methyl sites for hydroxylation is 1. The molecular weight excluding hydrogens is 302 g/mol. The highest BCUT2D eigenvalue weighted by molar-refractivity contribution is 5.32. The number of benzene rings is 2. The normalized spacial score (nSPS) is 21.2.